The van der Waals surface area contributed by atoms with Crippen molar-refractivity contribution in [3.05, 3.63) is 35.0 Å². The maximum Gasteiger partial charge on any atom is 0.266 e. The summed E-state index contributed by atoms with van der Waals surface area (Å²) in [6.07, 6.45) is 7.33. The number of aromatic nitrogens is 1. The number of thioether (sulfide) groups is 1. The first-order valence-corrected chi connectivity index (χ1v) is 7.10. The number of nitrogens with zero attached hydrogens (tertiary/aromatic N) is 2. The molecule has 0 atom stereocenters. The average molecular weight is 278 g/mol. The monoisotopic (exact) mass is 278 g/mol. The van der Waals surface area contributed by atoms with Crippen LogP contribution < -0.4 is 0 Å². The van der Waals surface area contributed by atoms with Gasteiger partial charge in [0.15, 0.2) is 0 Å². The zero-order chi connectivity index (χ0) is 13.0. The Hall–Kier alpha value is -1.20. The Bertz CT molecular complexity index is 485. The molecule has 2 rings (SSSR count). The number of pyridine rings is 1. The molecule has 94 valence electrons. The quantitative estimate of drug-likeness (QED) is 0.626. The van der Waals surface area contributed by atoms with Gasteiger partial charge in [-0.25, -0.2) is 0 Å². The molecule has 0 spiro atoms. The number of amides is 1. The third-order valence-corrected chi connectivity index (χ3v) is 3.97. The first-order chi connectivity index (χ1) is 8.72. The summed E-state index contributed by atoms with van der Waals surface area (Å²) in [6, 6.07) is 3.77. The maximum atomic E-state index is 12.2. The topological polar surface area (TPSA) is 33.2 Å². The predicted molar refractivity (Wildman–Crippen MR) is 79.0 cm³/mol. The Labute approximate surface area is 116 Å². The van der Waals surface area contributed by atoms with E-state index < -0.39 is 0 Å². The number of carbonyl (C=O) groups is 1. The number of rotatable bonds is 4. The molecule has 1 aromatic rings. The summed E-state index contributed by atoms with van der Waals surface area (Å²) in [5, 5.41) is 0. The molecule has 0 N–H and O–H groups in total. The zero-order valence-corrected chi connectivity index (χ0v) is 11.8. The molecular formula is C13H14N2OS2. The van der Waals surface area contributed by atoms with Gasteiger partial charge in [-0.05, 0) is 24.1 Å². The molecule has 1 saturated heterocycles. The van der Waals surface area contributed by atoms with E-state index in [2.05, 4.69) is 11.9 Å². The van der Waals surface area contributed by atoms with Crippen LogP contribution in [-0.2, 0) is 4.79 Å². The Morgan fingerprint density at radius 1 is 1.56 bits per heavy atom. The molecule has 0 saturated carbocycles. The summed E-state index contributed by atoms with van der Waals surface area (Å²) < 4.78 is 0.656. The van der Waals surface area contributed by atoms with Crippen molar-refractivity contribution >= 4 is 40.3 Å². The highest BCUT2D eigenvalue weighted by Crippen LogP contribution is 2.32. The number of hydrogen-bond donors (Lipinski definition) is 0. The average Bonchev–Trinajstić information content (AvgIpc) is 2.64. The molecule has 0 radical (unpaired) electrons. The number of unbranched alkanes of at least 4 members (excludes halogenated alkanes) is 1. The van der Waals surface area contributed by atoms with Crippen molar-refractivity contribution in [2.45, 2.75) is 19.8 Å². The molecule has 2 heterocycles. The molecule has 1 aromatic heterocycles. The molecule has 0 unspecified atom stereocenters. The van der Waals surface area contributed by atoms with Gasteiger partial charge in [0.25, 0.3) is 5.91 Å². The Morgan fingerprint density at radius 3 is 3.06 bits per heavy atom. The Morgan fingerprint density at radius 2 is 2.39 bits per heavy atom. The molecule has 0 bridgehead atoms. The highest BCUT2D eigenvalue weighted by Gasteiger charge is 2.31. The Kier molecular flexibility index (Phi) is 4.49. The summed E-state index contributed by atoms with van der Waals surface area (Å²) >= 11 is 6.60. The normalized spacial score (nSPS) is 17.8. The van der Waals surface area contributed by atoms with Gasteiger partial charge in [-0.1, -0.05) is 43.4 Å². The fraction of sp³-hybridized carbons (Fsp3) is 0.308. The summed E-state index contributed by atoms with van der Waals surface area (Å²) in [7, 11) is 0. The van der Waals surface area contributed by atoms with Crippen molar-refractivity contribution in [2.24, 2.45) is 0 Å². The van der Waals surface area contributed by atoms with E-state index >= 15 is 0 Å². The smallest absolute Gasteiger partial charge is 0.266 e. The fourth-order valence-corrected chi connectivity index (χ4v) is 2.93. The molecular weight excluding hydrogens is 264 g/mol. The second kappa shape index (κ2) is 6.11. The molecule has 18 heavy (non-hydrogen) atoms. The van der Waals surface area contributed by atoms with E-state index in [4.69, 9.17) is 12.2 Å². The van der Waals surface area contributed by atoms with Crippen LogP contribution in [0.1, 0.15) is 25.3 Å². The highest BCUT2D eigenvalue weighted by molar-refractivity contribution is 8.26. The van der Waals surface area contributed by atoms with Gasteiger partial charge in [-0.15, -0.1) is 0 Å². The lowest BCUT2D eigenvalue weighted by Gasteiger charge is -2.12. The van der Waals surface area contributed by atoms with Crippen LogP contribution in [0.15, 0.2) is 29.4 Å². The van der Waals surface area contributed by atoms with Crippen LogP contribution in [0.3, 0.4) is 0 Å². The largest absolute Gasteiger partial charge is 0.293 e. The number of carbonyl (C=O) groups excluding carboxylic acids is 1. The second-order valence-corrected chi connectivity index (χ2v) is 5.65. The number of thiocarbonyl (C=S) groups is 1. The second-order valence-electron chi connectivity index (χ2n) is 3.97. The van der Waals surface area contributed by atoms with Crippen LogP contribution in [-0.4, -0.2) is 26.7 Å². The summed E-state index contributed by atoms with van der Waals surface area (Å²) in [6.45, 7) is 2.81. The first-order valence-electron chi connectivity index (χ1n) is 5.87. The van der Waals surface area contributed by atoms with Crippen molar-refractivity contribution < 1.29 is 4.79 Å². The lowest BCUT2D eigenvalue weighted by molar-refractivity contribution is -0.122. The zero-order valence-electron chi connectivity index (χ0n) is 10.1. The minimum Gasteiger partial charge on any atom is -0.293 e. The minimum atomic E-state index is 0.0160. The van der Waals surface area contributed by atoms with Crippen LogP contribution >= 0.6 is 24.0 Å². The SMILES string of the molecule is CCCCN1C(=O)/C(=C/c2cccnc2)SC1=S. The van der Waals surface area contributed by atoms with E-state index in [1.54, 1.807) is 17.3 Å². The standard InChI is InChI=1S/C13H14N2OS2/c1-2-3-7-15-12(16)11(18-13(15)17)8-10-5-4-6-14-9-10/h4-6,8-9H,2-3,7H2,1H3/b11-8-. The predicted octanol–water partition coefficient (Wildman–Crippen LogP) is 3.08. The first kappa shape index (κ1) is 13.2. The lowest BCUT2D eigenvalue weighted by Crippen LogP contribution is -2.28. The van der Waals surface area contributed by atoms with Crippen LogP contribution in [0.5, 0.6) is 0 Å². The summed E-state index contributed by atoms with van der Waals surface area (Å²) in [5.74, 6) is 0.0160. The van der Waals surface area contributed by atoms with E-state index in [1.165, 1.54) is 11.8 Å². The third kappa shape index (κ3) is 2.97. The Balaban J connectivity index is 2.15. The highest BCUT2D eigenvalue weighted by atomic mass is 32.2. The van der Waals surface area contributed by atoms with E-state index in [0.717, 1.165) is 18.4 Å². The summed E-state index contributed by atoms with van der Waals surface area (Å²) in [4.78, 5) is 18.6. The van der Waals surface area contributed by atoms with Crippen molar-refractivity contribution in [3.8, 4) is 0 Å². The van der Waals surface area contributed by atoms with Crippen molar-refractivity contribution in [1.29, 1.82) is 0 Å². The third-order valence-electron chi connectivity index (χ3n) is 2.59. The lowest BCUT2D eigenvalue weighted by atomic mass is 10.2. The van der Waals surface area contributed by atoms with Crippen LogP contribution in [0.2, 0.25) is 0 Å². The number of hydrogen-bond acceptors (Lipinski definition) is 4. The van der Waals surface area contributed by atoms with Crippen molar-refractivity contribution in [2.75, 3.05) is 6.54 Å². The molecule has 1 fully saturated rings. The van der Waals surface area contributed by atoms with Gasteiger partial charge in [-0.3, -0.25) is 14.7 Å². The molecule has 0 aliphatic carbocycles. The molecule has 1 amide bonds. The maximum absolute atomic E-state index is 12.2. The van der Waals surface area contributed by atoms with Gasteiger partial charge in [-0.2, -0.15) is 0 Å². The van der Waals surface area contributed by atoms with Crippen LogP contribution in [0, 0.1) is 0 Å². The molecule has 5 heteroatoms. The van der Waals surface area contributed by atoms with Gasteiger partial charge in [0.05, 0.1) is 4.91 Å². The van der Waals surface area contributed by atoms with E-state index in [1.807, 2.05) is 18.2 Å². The van der Waals surface area contributed by atoms with Gasteiger partial charge in [0.2, 0.25) is 0 Å². The van der Waals surface area contributed by atoms with Crippen LogP contribution in [0.4, 0.5) is 0 Å². The van der Waals surface area contributed by atoms with E-state index in [9.17, 15) is 4.79 Å². The minimum absolute atomic E-state index is 0.0160. The molecule has 3 nitrogen and oxygen atoms in total. The molecule has 1 aliphatic rings. The van der Waals surface area contributed by atoms with Gasteiger partial charge >= 0.3 is 0 Å². The molecule has 1 aliphatic heterocycles. The molecule has 0 aromatic carbocycles. The van der Waals surface area contributed by atoms with Crippen molar-refractivity contribution in [3.63, 3.8) is 0 Å². The van der Waals surface area contributed by atoms with Gasteiger partial charge in [0, 0.05) is 18.9 Å². The van der Waals surface area contributed by atoms with E-state index in [0.29, 0.717) is 15.8 Å². The van der Waals surface area contributed by atoms with Gasteiger partial charge in [0.1, 0.15) is 4.32 Å². The fourth-order valence-electron chi connectivity index (χ4n) is 1.62. The van der Waals surface area contributed by atoms with Crippen molar-refractivity contribution in [1.82, 2.24) is 9.88 Å². The van der Waals surface area contributed by atoms with E-state index in [-0.39, 0.29) is 5.91 Å². The summed E-state index contributed by atoms with van der Waals surface area (Å²) in [5.41, 5.74) is 0.925. The van der Waals surface area contributed by atoms with Gasteiger partial charge < -0.3 is 0 Å². The van der Waals surface area contributed by atoms with Crippen LogP contribution in [0.25, 0.3) is 6.08 Å².